The van der Waals surface area contributed by atoms with E-state index >= 15 is 0 Å². The number of likely N-dealkylation sites (tertiary alicyclic amines) is 1. The molecule has 1 amide bonds. The van der Waals surface area contributed by atoms with Crippen LogP contribution in [0.5, 0.6) is 0 Å². The van der Waals surface area contributed by atoms with E-state index in [1.54, 1.807) is 37.2 Å². The van der Waals surface area contributed by atoms with Gasteiger partial charge in [0.1, 0.15) is 0 Å². The number of fused-ring (bicyclic) bond motifs is 1. The number of rotatable bonds is 2. The number of aromatic nitrogens is 1. The second-order valence-corrected chi connectivity index (χ2v) is 6.60. The number of pyridine rings is 1. The summed E-state index contributed by atoms with van der Waals surface area (Å²) in [5.41, 5.74) is 1.44. The quantitative estimate of drug-likeness (QED) is 0.923. The summed E-state index contributed by atoms with van der Waals surface area (Å²) in [4.78, 5) is 31.7. The van der Waals surface area contributed by atoms with Crippen LogP contribution in [0.3, 0.4) is 0 Å². The first-order valence-electron chi connectivity index (χ1n) is 8.03. The monoisotopic (exact) mass is 313 g/mol. The highest BCUT2D eigenvalue weighted by Crippen LogP contribution is 2.28. The fourth-order valence-electron chi connectivity index (χ4n) is 3.28. The highest BCUT2D eigenvalue weighted by Gasteiger charge is 2.21. The van der Waals surface area contributed by atoms with Crippen LogP contribution in [-0.2, 0) is 0 Å². The Morgan fingerprint density at radius 3 is 2.57 bits per heavy atom. The van der Waals surface area contributed by atoms with E-state index in [9.17, 15) is 9.59 Å². The summed E-state index contributed by atoms with van der Waals surface area (Å²) in [6, 6.07) is 7.34. The third-order valence-electron chi connectivity index (χ3n) is 4.70. The van der Waals surface area contributed by atoms with Crippen molar-refractivity contribution < 1.29 is 4.79 Å². The molecule has 0 unspecified atom stereocenters. The smallest absolute Gasteiger partial charge is 0.256 e. The van der Waals surface area contributed by atoms with E-state index in [-0.39, 0.29) is 11.5 Å². The molecule has 0 atom stereocenters. The first-order chi connectivity index (χ1) is 11.0. The number of carbonyl (C=O) groups excluding carboxylic acids is 1. The maximum atomic E-state index is 12.5. The SMILES string of the molecule is CN1CCC(c2cc3c(C(=O)N(C)C)cccc3c(=O)[nH]2)CC1. The van der Waals surface area contributed by atoms with Crippen molar-refractivity contribution in [3.8, 4) is 0 Å². The van der Waals surface area contributed by atoms with Crippen molar-refractivity contribution in [3.05, 3.63) is 45.9 Å². The van der Waals surface area contributed by atoms with Crippen LogP contribution in [0.15, 0.2) is 29.1 Å². The Hall–Kier alpha value is -2.14. The summed E-state index contributed by atoms with van der Waals surface area (Å²) in [6.45, 7) is 2.06. The normalized spacial score (nSPS) is 16.7. The first kappa shape index (κ1) is 15.7. The number of piperidine rings is 1. The van der Waals surface area contributed by atoms with Crippen molar-refractivity contribution in [2.24, 2.45) is 0 Å². The molecule has 122 valence electrons. The molecule has 5 nitrogen and oxygen atoms in total. The number of aromatic amines is 1. The van der Waals surface area contributed by atoms with Crippen LogP contribution in [0.25, 0.3) is 10.8 Å². The number of hydrogen-bond donors (Lipinski definition) is 1. The molecule has 0 aliphatic carbocycles. The van der Waals surface area contributed by atoms with Gasteiger partial charge in [0.05, 0.1) is 0 Å². The van der Waals surface area contributed by atoms with Crippen LogP contribution in [0.1, 0.15) is 34.8 Å². The van der Waals surface area contributed by atoms with Crippen molar-refractivity contribution in [1.29, 1.82) is 0 Å². The Kier molecular flexibility index (Phi) is 4.22. The lowest BCUT2D eigenvalue weighted by Gasteiger charge is -2.29. The van der Waals surface area contributed by atoms with E-state index in [1.807, 2.05) is 6.07 Å². The lowest BCUT2D eigenvalue weighted by Crippen LogP contribution is -2.30. The van der Waals surface area contributed by atoms with Crippen molar-refractivity contribution in [1.82, 2.24) is 14.8 Å². The maximum Gasteiger partial charge on any atom is 0.256 e. The highest BCUT2D eigenvalue weighted by atomic mass is 16.2. The lowest BCUT2D eigenvalue weighted by atomic mass is 9.91. The zero-order chi connectivity index (χ0) is 16.6. The number of benzene rings is 1. The molecule has 2 heterocycles. The average Bonchev–Trinajstić information content (AvgIpc) is 2.54. The van der Waals surface area contributed by atoms with Gasteiger partial charge in [0.15, 0.2) is 0 Å². The van der Waals surface area contributed by atoms with Gasteiger partial charge in [-0.2, -0.15) is 0 Å². The highest BCUT2D eigenvalue weighted by molar-refractivity contribution is 6.06. The van der Waals surface area contributed by atoms with Gasteiger partial charge in [0.2, 0.25) is 0 Å². The molecule has 0 spiro atoms. The van der Waals surface area contributed by atoms with E-state index in [0.29, 0.717) is 16.9 Å². The Bertz CT molecular complexity index is 786. The second kappa shape index (κ2) is 6.16. The second-order valence-electron chi connectivity index (χ2n) is 6.60. The van der Waals surface area contributed by atoms with Gasteiger partial charge in [-0.3, -0.25) is 9.59 Å². The molecule has 2 aromatic rings. The van der Waals surface area contributed by atoms with Crippen LogP contribution in [0.2, 0.25) is 0 Å². The molecular formula is C18H23N3O2. The fraction of sp³-hybridized carbons (Fsp3) is 0.444. The molecule has 1 fully saturated rings. The zero-order valence-electron chi connectivity index (χ0n) is 13.9. The number of nitrogens with one attached hydrogen (secondary N) is 1. The molecule has 1 aromatic carbocycles. The van der Waals surface area contributed by atoms with Crippen LogP contribution in [0.4, 0.5) is 0 Å². The number of amides is 1. The molecule has 0 bridgehead atoms. The minimum atomic E-state index is -0.107. The molecule has 5 heteroatoms. The zero-order valence-corrected chi connectivity index (χ0v) is 13.9. The van der Waals surface area contributed by atoms with E-state index in [2.05, 4.69) is 16.9 Å². The molecular weight excluding hydrogens is 290 g/mol. The van der Waals surface area contributed by atoms with Gasteiger partial charge in [0.25, 0.3) is 11.5 Å². The van der Waals surface area contributed by atoms with Gasteiger partial charge in [0, 0.05) is 42.0 Å². The largest absolute Gasteiger partial charge is 0.345 e. The fourth-order valence-corrected chi connectivity index (χ4v) is 3.28. The minimum Gasteiger partial charge on any atom is -0.345 e. The number of H-pyrrole nitrogens is 1. The predicted molar refractivity (Wildman–Crippen MR) is 92.1 cm³/mol. The van der Waals surface area contributed by atoms with Gasteiger partial charge in [-0.1, -0.05) is 6.07 Å². The van der Waals surface area contributed by atoms with Gasteiger partial charge < -0.3 is 14.8 Å². The van der Waals surface area contributed by atoms with Gasteiger partial charge in [-0.25, -0.2) is 0 Å². The summed E-state index contributed by atoms with van der Waals surface area (Å²) >= 11 is 0. The van der Waals surface area contributed by atoms with E-state index in [4.69, 9.17) is 0 Å². The molecule has 0 radical (unpaired) electrons. The predicted octanol–water partition coefficient (Wildman–Crippen LogP) is 2.04. The minimum absolute atomic E-state index is 0.0736. The van der Waals surface area contributed by atoms with Gasteiger partial charge in [-0.15, -0.1) is 0 Å². The van der Waals surface area contributed by atoms with Crippen molar-refractivity contribution in [3.63, 3.8) is 0 Å². The van der Waals surface area contributed by atoms with Crippen LogP contribution in [0, 0.1) is 0 Å². The molecule has 3 rings (SSSR count). The van der Waals surface area contributed by atoms with Gasteiger partial charge in [-0.05, 0) is 51.2 Å². The van der Waals surface area contributed by atoms with Crippen molar-refractivity contribution in [2.45, 2.75) is 18.8 Å². The summed E-state index contributed by atoms with van der Waals surface area (Å²) < 4.78 is 0. The average molecular weight is 313 g/mol. The number of nitrogens with zero attached hydrogens (tertiary/aromatic N) is 2. The molecule has 1 aliphatic rings. The van der Waals surface area contributed by atoms with Crippen LogP contribution >= 0.6 is 0 Å². The van der Waals surface area contributed by atoms with E-state index in [1.165, 1.54) is 0 Å². The molecule has 1 aromatic heterocycles. The molecule has 1 saturated heterocycles. The number of carbonyl (C=O) groups is 1. The summed E-state index contributed by atoms with van der Waals surface area (Å²) in [7, 11) is 5.58. The molecule has 1 N–H and O–H groups in total. The Morgan fingerprint density at radius 1 is 1.22 bits per heavy atom. The standard InChI is InChI=1S/C18H23N3O2/c1-20(2)18(23)14-6-4-5-13-15(14)11-16(19-17(13)22)12-7-9-21(3)10-8-12/h4-6,11-12H,7-10H2,1-3H3,(H,19,22). The molecule has 0 saturated carbocycles. The number of hydrogen-bond acceptors (Lipinski definition) is 3. The first-order valence-corrected chi connectivity index (χ1v) is 8.03. The van der Waals surface area contributed by atoms with Gasteiger partial charge >= 0.3 is 0 Å². The molecule has 23 heavy (non-hydrogen) atoms. The third-order valence-corrected chi connectivity index (χ3v) is 4.70. The van der Waals surface area contributed by atoms with Crippen LogP contribution in [-0.4, -0.2) is 54.9 Å². The lowest BCUT2D eigenvalue weighted by molar-refractivity contribution is 0.0829. The maximum absolute atomic E-state index is 12.5. The third kappa shape index (κ3) is 3.01. The Morgan fingerprint density at radius 2 is 1.91 bits per heavy atom. The van der Waals surface area contributed by atoms with Crippen molar-refractivity contribution in [2.75, 3.05) is 34.2 Å². The summed E-state index contributed by atoms with van der Waals surface area (Å²) in [6.07, 6.45) is 2.06. The van der Waals surface area contributed by atoms with Crippen LogP contribution < -0.4 is 5.56 Å². The topological polar surface area (TPSA) is 56.4 Å². The van der Waals surface area contributed by atoms with Crippen molar-refractivity contribution >= 4 is 16.7 Å². The van der Waals surface area contributed by atoms with E-state index in [0.717, 1.165) is 37.0 Å². The Balaban J connectivity index is 2.10. The molecule has 1 aliphatic heterocycles. The summed E-state index contributed by atoms with van der Waals surface area (Å²) in [5, 5.41) is 1.33. The van der Waals surface area contributed by atoms with E-state index < -0.39 is 0 Å². The summed E-state index contributed by atoms with van der Waals surface area (Å²) in [5.74, 6) is 0.279. The Labute approximate surface area is 135 Å².